The molecular weight excluding hydrogens is 432 g/mol. The SMILES string of the molecule is CCn1nc(C(=O)N2CCN(Cc3ccc4c(c3)OCO4)CC2)c(=O)c2cc(Cl)ccc21. The molecule has 3 aromatic rings. The normalized spacial score (nSPS) is 16.0. The molecule has 9 heteroatoms. The van der Waals surface area contributed by atoms with Gasteiger partial charge in [0.1, 0.15) is 0 Å². The Hall–Kier alpha value is -3.10. The highest BCUT2D eigenvalue weighted by atomic mass is 35.5. The van der Waals surface area contributed by atoms with E-state index in [1.54, 1.807) is 27.8 Å². The summed E-state index contributed by atoms with van der Waals surface area (Å²) < 4.78 is 12.5. The van der Waals surface area contributed by atoms with Gasteiger partial charge in [-0.15, -0.1) is 0 Å². The zero-order valence-electron chi connectivity index (χ0n) is 17.7. The van der Waals surface area contributed by atoms with E-state index in [1.807, 2.05) is 25.1 Å². The van der Waals surface area contributed by atoms with Gasteiger partial charge in [-0.05, 0) is 42.8 Å². The number of fused-ring (bicyclic) bond motifs is 2. The first-order valence-electron chi connectivity index (χ1n) is 10.6. The predicted octanol–water partition coefficient (Wildman–Crippen LogP) is 2.76. The Bertz CT molecular complexity index is 1250. The summed E-state index contributed by atoms with van der Waals surface area (Å²) >= 11 is 6.10. The molecule has 166 valence electrons. The van der Waals surface area contributed by atoms with E-state index in [-0.39, 0.29) is 23.8 Å². The largest absolute Gasteiger partial charge is 0.454 e. The Kier molecular flexibility index (Phi) is 5.48. The van der Waals surface area contributed by atoms with Crippen molar-refractivity contribution in [1.29, 1.82) is 0 Å². The monoisotopic (exact) mass is 454 g/mol. The van der Waals surface area contributed by atoms with Gasteiger partial charge in [-0.1, -0.05) is 17.7 Å². The number of ether oxygens (including phenoxy) is 2. The molecule has 0 saturated carbocycles. The Balaban J connectivity index is 1.31. The molecule has 0 spiro atoms. The van der Waals surface area contributed by atoms with Crippen LogP contribution in [-0.2, 0) is 13.1 Å². The molecule has 0 bridgehead atoms. The molecule has 3 heterocycles. The van der Waals surface area contributed by atoms with E-state index >= 15 is 0 Å². The van der Waals surface area contributed by atoms with Gasteiger partial charge in [0.15, 0.2) is 17.2 Å². The van der Waals surface area contributed by atoms with Crippen LogP contribution in [0.4, 0.5) is 0 Å². The van der Waals surface area contributed by atoms with E-state index in [9.17, 15) is 9.59 Å². The fourth-order valence-electron chi connectivity index (χ4n) is 4.20. The zero-order chi connectivity index (χ0) is 22.2. The molecule has 1 saturated heterocycles. The van der Waals surface area contributed by atoms with Crippen molar-refractivity contribution >= 4 is 28.4 Å². The average molecular weight is 455 g/mol. The van der Waals surface area contributed by atoms with Crippen molar-refractivity contribution in [2.24, 2.45) is 0 Å². The van der Waals surface area contributed by atoms with Crippen LogP contribution in [0.2, 0.25) is 5.02 Å². The van der Waals surface area contributed by atoms with Crippen LogP contribution in [0.25, 0.3) is 10.9 Å². The lowest BCUT2D eigenvalue weighted by atomic mass is 10.1. The highest BCUT2D eigenvalue weighted by molar-refractivity contribution is 6.31. The van der Waals surface area contributed by atoms with Crippen LogP contribution >= 0.6 is 11.6 Å². The van der Waals surface area contributed by atoms with Gasteiger partial charge in [-0.3, -0.25) is 19.2 Å². The van der Waals surface area contributed by atoms with Crippen molar-refractivity contribution in [2.75, 3.05) is 33.0 Å². The quantitative estimate of drug-likeness (QED) is 0.603. The lowest BCUT2D eigenvalue weighted by Crippen LogP contribution is -2.49. The number of rotatable bonds is 4. The molecule has 1 fully saturated rings. The van der Waals surface area contributed by atoms with Crippen molar-refractivity contribution in [3.63, 3.8) is 0 Å². The van der Waals surface area contributed by atoms with Gasteiger partial charge in [0.05, 0.1) is 10.9 Å². The molecule has 5 rings (SSSR count). The molecule has 2 aliphatic rings. The average Bonchev–Trinajstić information content (AvgIpc) is 3.28. The van der Waals surface area contributed by atoms with Gasteiger partial charge in [0.25, 0.3) is 5.91 Å². The summed E-state index contributed by atoms with van der Waals surface area (Å²) in [6.07, 6.45) is 0. The lowest BCUT2D eigenvalue weighted by molar-refractivity contribution is 0.0619. The maximum absolute atomic E-state index is 13.2. The first kappa shape index (κ1) is 20.8. The number of benzene rings is 2. The second-order valence-electron chi connectivity index (χ2n) is 7.91. The number of aryl methyl sites for hydroxylation is 1. The van der Waals surface area contributed by atoms with Crippen molar-refractivity contribution in [2.45, 2.75) is 20.0 Å². The van der Waals surface area contributed by atoms with Gasteiger partial charge in [0, 0.05) is 44.3 Å². The van der Waals surface area contributed by atoms with Crippen LogP contribution < -0.4 is 14.9 Å². The van der Waals surface area contributed by atoms with Crippen LogP contribution in [0.1, 0.15) is 23.0 Å². The maximum atomic E-state index is 13.2. The summed E-state index contributed by atoms with van der Waals surface area (Å²) in [5, 5.41) is 5.25. The van der Waals surface area contributed by atoms with Gasteiger partial charge < -0.3 is 14.4 Å². The van der Waals surface area contributed by atoms with Crippen LogP contribution in [0.5, 0.6) is 11.5 Å². The van der Waals surface area contributed by atoms with Crippen LogP contribution in [0, 0.1) is 0 Å². The number of hydrogen-bond acceptors (Lipinski definition) is 6. The Morgan fingerprint density at radius 2 is 1.84 bits per heavy atom. The van der Waals surface area contributed by atoms with E-state index in [0.29, 0.717) is 48.6 Å². The minimum Gasteiger partial charge on any atom is -0.454 e. The molecule has 8 nitrogen and oxygen atoms in total. The first-order chi connectivity index (χ1) is 15.5. The lowest BCUT2D eigenvalue weighted by Gasteiger charge is -2.34. The van der Waals surface area contributed by atoms with E-state index in [1.165, 1.54) is 0 Å². The molecule has 0 radical (unpaired) electrons. The molecule has 2 aliphatic heterocycles. The standard InChI is InChI=1S/C23H23ClN4O4/c1-2-28-18-5-4-16(24)12-17(18)22(29)21(25-28)23(30)27-9-7-26(8-10-27)13-15-3-6-19-20(11-15)32-14-31-19/h3-6,11-12H,2,7-10,13-14H2,1H3. The molecular formula is C23H23ClN4O4. The third kappa shape index (κ3) is 3.80. The number of amides is 1. The zero-order valence-corrected chi connectivity index (χ0v) is 18.5. The summed E-state index contributed by atoms with van der Waals surface area (Å²) in [6.45, 7) is 5.97. The van der Waals surface area contributed by atoms with Crippen LogP contribution in [0.15, 0.2) is 41.2 Å². The number of nitrogens with zero attached hydrogens (tertiary/aromatic N) is 4. The molecule has 0 aliphatic carbocycles. The Labute approximate surface area is 189 Å². The van der Waals surface area contributed by atoms with Gasteiger partial charge in [0.2, 0.25) is 12.2 Å². The predicted molar refractivity (Wildman–Crippen MR) is 120 cm³/mol. The third-order valence-electron chi connectivity index (χ3n) is 5.92. The van der Waals surface area contributed by atoms with E-state index in [2.05, 4.69) is 10.00 Å². The van der Waals surface area contributed by atoms with Crippen LogP contribution in [0.3, 0.4) is 0 Å². The topological polar surface area (TPSA) is 76.9 Å². The number of carbonyl (C=O) groups excluding carboxylic acids is 1. The summed E-state index contributed by atoms with van der Waals surface area (Å²) in [5.41, 5.74) is 1.38. The van der Waals surface area contributed by atoms with Crippen molar-refractivity contribution in [1.82, 2.24) is 19.6 Å². The highest BCUT2D eigenvalue weighted by Gasteiger charge is 2.27. The number of carbonyl (C=O) groups is 1. The number of piperazine rings is 1. The fourth-order valence-corrected chi connectivity index (χ4v) is 4.37. The van der Waals surface area contributed by atoms with E-state index < -0.39 is 0 Å². The van der Waals surface area contributed by atoms with Crippen molar-refractivity contribution < 1.29 is 14.3 Å². The smallest absolute Gasteiger partial charge is 0.278 e. The molecule has 1 aromatic heterocycles. The molecule has 1 amide bonds. The summed E-state index contributed by atoms with van der Waals surface area (Å²) in [5.74, 6) is 1.21. The Morgan fingerprint density at radius 1 is 1.06 bits per heavy atom. The maximum Gasteiger partial charge on any atom is 0.278 e. The minimum atomic E-state index is -0.375. The molecule has 0 atom stereocenters. The van der Waals surface area contributed by atoms with Crippen molar-refractivity contribution in [3.8, 4) is 11.5 Å². The second-order valence-corrected chi connectivity index (χ2v) is 8.35. The molecule has 0 N–H and O–H groups in total. The molecule has 32 heavy (non-hydrogen) atoms. The second kappa shape index (κ2) is 8.44. The summed E-state index contributed by atoms with van der Waals surface area (Å²) in [4.78, 5) is 30.2. The minimum absolute atomic E-state index is 0.0502. The van der Waals surface area contributed by atoms with Gasteiger partial charge >= 0.3 is 0 Å². The summed E-state index contributed by atoms with van der Waals surface area (Å²) in [7, 11) is 0. The number of aromatic nitrogens is 2. The third-order valence-corrected chi connectivity index (χ3v) is 6.16. The highest BCUT2D eigenvalue weighted by Crippen LogP contribution is 2.32. The van der Waals surface area contributed by atoms with E-state index in [4.69, 9.17) is 21.1 Å². The van der Waals surface area contributed by atoms with E-state index in [0.717, 1.165) is 23.6 Å². The van der Waals surface area contributed by atoms with Crippen LogP contribution in [-0.4, -0.2) is 58.5 Å². The molecule has 2 aromatic carbocycles. The fraction of sp³-hybridized carbons (Fsp3) is 0.348. The number of hydrogen-bond donors (Lipinski definition) is 0. The summed E-state index contributed by atoms with van der Waals surface area (Å²) in [6, 6.07) is 11.0. The first-order valence-corrected chi connectivity index (χ1v) is 11.0. The molecule has 0 unspecified atom stereocenters. The van der Waals surface area contributed by atoms with Gasteiger partial charge in [-0.25, -0.2) is 0 Å². The number of halogens is 1. The Morgan fingerprint density at radius 3 is 2.62 bits per heavy atom. The van der Waals surface area contributed by atoms with Crippen molar-refractivity contribution in [3.05, 3.63) is 62.9 Å². The van der Waals surface area contributed by atoms with Gasteiger partial charge in [-0.2, -0.15) is 5.10 Å².